The monoisotopic (exact) mass is 630 g/mol. The SMILES string of the molecule is C1=C(N(c2ccc(-c3cccc4ccccc34)cc2)C2C=c3oc4ccccc4c3=CC2)CCC(n2c3ccccc3c3ccccc32)=C1. The lowest BCUT2D eigenvalue weighted by atomic mass is 9.96. The Morgan fingerprint density at radius 2 is 1.27 bits per heavy atom. The molecular formula is C46H34N2O. The molecule has 0 amide bonds. The van der Waals surface area contributed by atoms with Crippen LogP contribution >= 0.6 is 0 Å². The van der Waals surface area contributed by atoms with Gasteiger partial charge in [0.05, 0.1) is 17.1 Å². The number of anilines is 1. The Hall–Kier alpha value is -6.06. The highest BCUT2D eigenvalue weighted by Gasteiger charge is 2.25. The molecule has 2 aliphatic carbocycles. The number of hydrogen-bond donors (Lipinski definition) is 0. The van der Waals surface area contributed by atoms with E-state index >= 15 is 0 Å². The molecule has 1 unspecified atom stereocenters. The first-order chi connectivity index (χ1) is 24.3. The van der Waals surface area contributed by atoms with Crippen LogP contribution in [-0.2, 0) is 0 Å². The summed E-state index contributed by atoms with van der Waals surface area (Å²) in [6.07, 6.45) is 12.2. The topological polar surface area (TPSA) is 21.3 Å². The van der Waals surface area contributed by atoms with Crippen molar-refractivity contribution in [2.24, 2.45) is 0 Å². The molecule has 234 valence electrons. The first kappa shape index (κ1) is 28.0. The van der Waals surface area contributed by atoms with Gasteiger partial charge < -0.3 is 13.9 Å². The van der Waals surface area contributed by atoms with Crippen molar-refractivity contribution in [2.45, 2.75) is 25.3 Å². The van der Waals surface area contributed by atoms with E-state index in [0.717, 1.165) is 30.3 Å². The maximum atomic E-state index is 6.41. The van der Waals surface area contributed by atoms with Crippen LogP contribution < -0.4 is 15.5 Å². The molecule has 10 rings (SSSR count). The highest BCUT2D eigenvalue weighted by Crippen LogP contribution is 2.38. The second-order valence-electron chi connectivity index (χ2n) is 13.2. The van der Waals surface area contributed by atoms with Gasteiger partial charge in [0.25, 0.3) is 0 Å². The van der Waals surface area contributed by atoms with Crippen LogP contribution in [0.4, 0.5) is 5.69 Å². The van der Waals surface area contributed by atoms with Gasteiger partial charge in [-0.05, 0) is 89.7 Å². The summed E-state index contributed by atoms with van der Waals surface area (Å²) in [5.41, 5.74) is 10.8. The lowest BCUT2D eigenvalue weighted by Gasteiger charge is -2.35. The largest absolute Gasteiger partial charge is 0.456 e. The number of hydrogen-bond acceptors (Lipinski definition) is 2. The van der Waals surface area contributed by atoms with E-state index in [1.165, 1.54) is 71.4 Å². The molecular weight excluding hydrogens is 597 g/mol. The van der Waals surface area contributed by atoms with Crippen molar-refractivity contribution in [3.8, 4) is 11.1 Å². The Morgan fingerprint density at radius 3 is 2.02 bits per heavy atom. The number of benzene rings is 6. The molecule has 1 atom stereocenters. The van der Waals surface area contributed by atoms with Gasteiger partial charge in [0, 0.05) is 38.5 Å². The average molecular weight is 631 g/mol. The predicted molar refractivity (Wildman–Crippen MR) is 206 cm³/mol. The lowest BCUT2D eigenvalue weighted by molar-refractivity contribution is 0.567. The molecule has 6 aromatic carbocycles. The Balaban J connectivity index is 1.09. The van der Waals surface area contributed by atoms with E-state index in [1.807, 2.05) is 6.07 Å². The van der Waals surface area contributed by atoms with E-state index in [2.05, 4.69) is 167 Å². The molecule has 3 heteroatoms. The summed E-state index contributed by atoms with van der Waals surface area (Å²) in [5, 5.41) is 7.54. The minimum absolute atomic E-state index is 0.130. The molecule has 0 aliphatic heterocycles. The summed E-state index contributed by atoms with van der Waals surface area (Å²) >= 11 is 0. The van der Waals surface area contributed by atoms with Crippen molar-refractivity contribution in [1.82, 2.24) is 4.57 Å². The summed E-state index contributed by atoms with van der Waals surface area (Å²) < 4.78 is 8.87. The Bertz CT molecular complexity index is 2700. The van der Waals surface area contributed by atoms with E-state index in [1.54, 1.807) is 0 Å². The first-order valence-corrected chi connectivity index (χ1v) is 17.3. The molecule has 0 bridgehead atoms. The molecule has 8 aromatic rings. The number of nitrogens with zero attached hydrogens (tertiary/aromatic N) is 2. The van der Waals surface area contributed by atoms with Gasteiger partial charge in [-0.1, -0.05) is 115 Å². The van der Waals surface area contributed by atoms with E-state index in [9.17, 15) is 0 Å². The zero-order valence-corrected chi connectivity index (χ0v) is 27.1. The van der Waals surface area contributed by atoms with E-state index in [-0.39, 0.29) is 6.04 Å². The number of aromatic nitrogens is 1. The van der Waals surface area contributed by atoms with Crippen LogP contribution in [0.15, 0.2) is 162 Å². The van der Waals surface area contributed by atoms with E-state index in [0.29, 0.717) is 0 Å². The third-order valence-corrected chi connectivity index (χ3v) is 10.4. The fourth-order valence-electron chi connectivity index (χ4n) is 8.16. The first-order valence-electron chi connectivity index (χ1n) is 17.3. The van der Waals surface area contributed by atoms with E-state index in [4.69, 9.17) is 4.42 Å². The number of allylic oxidation sites excluding steroid dienone is 4. The van der Waals surface area contributed by atoms with Gasteiger partial charge in [-0.15, -0.1) is 0 Å². The summed E-state index contributed by atoms with van der Waals surface area (Å²) in [6.45, 7) is 0. The zero-order chi connectivity index (χ0) is 32.3. The molecule has 2 heterocycles. The summed E-state index contributed by atoms with van der Waals surface area (Å²) in [5.74, 6) is 0. The van der Waals surface area contributed by atoms with Gasteiger partial charge in [0.15, 0.2) is 0 Å². The fourth-order valence-corrected chi connectivity index (χ4v) is 8.16. The van der Waals surface area contributed by atoms with Crippen LogP contribution in [0.5, 0.6) is 0 Å². The van der Waals surface area contributed by atoms with Gasteiger partial charge in [0.1, 0.15) is 11.0 Å². The van der Waals surface area contributed by atoms with Crippen molar-refractivity contribution < 1.29 is 4.42 Å². The normalized spacial score (nSPS) is 15.9. The average Bonchev–Trinajstić information content (AvgIpc) is 3.71. The summed E-state index contributed by atoms with van der Waals surface area (Å²) in [7, 11) is 0. The highest BCUT2D eigenvalue weighted by atomic mass is 16.3. The maximum absolute atomic E-state index is 6.41. The summed E-state index contributed by atoms with van der Waals surface area (Å²) in [6, 6.07) is 50.4. The van der Waals surface area contributed by atoms with E-state index < -0.39 is 0 Å². The molecule has 2 aliphatic rings. The van der Waals surface area contributed by atoms with Gasteiger partial charge in [-0.2, -0.15) is 0 Å². The molecule has 0 fully saturated rings. The Kier molecular flexibility index (Phi) is 6.45. The van der Waals surface area contributed by atoms with Crippen molar-refractivity contribution in [1.29, 1.82) is 0 Å². The van der Waals surface area contributed by atoms with Gasteiger partial charge in [-0.25, -0.2) is 0 Å². The maximum Gasteiger partial charge on any atom is 0.135 e. The molecule has 3 nitrogen and oxygen atoms in total. The van der Waals surface area contributed by atoms with Crippen LogP contribution in [-0.4, -0.2) is 10.6 Å². The predicted octanol–water partition coefficient (Wildman–Crippen LogP) is 10.4. The van der Waals surface area contributed by atoms with Gasteiger partial charge >= 0.3 is 0 Å². The molecule has 0 spiro atoms. The molecule has 0 N–H and O–H groups in total. The quantitative estimate of drug-likeness (QED) is 0.189. The third kappa shape index (κ3) is 4.57. The molecule has 0 saturated heterocycles. The van der Waals surface area contributed by atoms with Crippen molar-refractivity contribution in [2.75, 3.05) is 4.90 Å². The second-order valence-corrected chi connectivity index (χ2v) is 13.2. The smallest absolute Gasteiger partial charge is 0.135 e. The van der Waals surface area contributed by atoms with Gasteiger partial charge in [0.2, 0.25) is 0 Å². The lowest BCUT2D eigenvalue weighted by Crippen LogP contribution is -2.39. The Morgan fingerprint density at radius 1 is 0.592 bits per heavy atom. The molecule has 0 saturated carbocycles. The molecule has 49 heavy (non-hydrogen) atoms. The minimum Gasteiger partial charge on any atom is -0.456 e. The van der Waals surface area contributed by atoms with Crippen molar-refractivity contribution in [3.63, 3.8) is 0 Å². The standard InChI is InChI=1S/C46H34N2O/c1-2-12-37-31(10-1)11-9-16-38(37)32-20-22-33(23-21-32)47(36-28-29-42-41-15-5-8-19-45(41)49-46(42)30-36)34-24-26-35(27-25-34)48-43-17-6-3-13-39(43)40-14-4-7-18-44(40)48/h1-24,26,29-30,36H,25,27-28H2. The number of rotatable bonds is 5. The molecule has 2 aromatic heterocycles. The van der Waals surface area contributed by atoms with Gasteiger partial charge in [-0.3, -0.25) is 0 Å². The van der Waals surface area contributed by atoms with Crippen LogP contribution in [0.25, 0.3) is 72.5 Å². The minimum atomic E-state index is 0.130. The number of para-hydroxylation sites is 3. The Labute approximate surface area is 284 Å². The zero-order valence-electron chi connectivity index (χ0n) is 27.1. The van der Waals surface area contributed by atoms with Crippen LogP contribution in [0, 0.1) is 0 Å². The van der Waals surface area contributed by atoms with Crippen LogP contribution in [0.1, 0.15) is 19.3 Å². The molecule has 0 radical (unpaired) electrons. The summed E-state index contributed by atoms with van der Waals surface area (Å²) in [4.78, 5) is 2.54. The van der Waals surface area contributed by atoms with Crippen LogP contribution in [0.3, 0.4) is 0 Å². The second kappa shape index (κ2) is 11.3. The number of furan rings is 1. The van der Waals surface area contributed by atoms with Crippen LogP contribution in [0.2, 0.25) is 0 Å². The third-order valence-electron chi connectivity index (χ3n) is 10.4. The van der Waals surface area contributed by atoms with Crippen molar-refractivity contribution in [3.05, 3.63) is 168 Å². The van der Waals surface area contributed by atoms with Crippen molar-refractivity contribution >= 4 is 67.1 Å². The fraction of sp³-hybridized carbons (Fsp3) is 0.0870. The number of fused-ring (bicyclic) bond motifs is 7. The highest BCUT2D eigenvalue weighted by molar-refractivity contribution is 6.10.